The molecule has 0 radical (unpaired) electrons. The summed E-state index contributed by atoms with van der Waals surface area (Å²) in [7, 11) is -13.2. The Bertz CT molecular complexity index is 5380. The largest absolute Gasteiger partial charge is 0.530 e. The van der Waals surface area contributed by atoms with Gasteiger partial charge in [0.1, 0.15) is 23.0 Å². The van der Waals surface area contributed by atoms with Gasteiger partial charge in [-0.2, -0.15) is 0 Å². The van der Waals surface area contributed by atoms with Crippen LogP contribution >= 0.6 is 0 Å². The lowest BCUT2D eigenvalue weighted by Crippen LogP contribution is -2.71. The summed E-state index contributed by atoms with van der Waals surface area (Å²) in [5, 5.41) is 14.0. The summed E-state index contributed by atoms with van der Waals surface area (Å²) < 4.78 is 32.7. The molecule has 0 saturated heterocycles. The van der Waals surface area contributed by atoms with E-state index in [4.69, 9.17) is 17.7 Å². The van der Waals surface area contributed by atoms with E-state index in [-0.39, 0.29) is 11.8 Å². The first-order chi connectivity index (χ1) is 62.0. The van der Waals surface area contributed by atoms with Gasteiger partial charge >= 0.3 is 33.3 Å². The quantitative estimate of drug-likeness (QED) is 0.0400. The van der Waals surface area contributed by atoms with Crippen molar-refractivity contribution in [1.82, 2.24) is 0 Å². The molecule has 17 aromatic carbocycles. The first kappa shape index (κ1) is 86.9. The van der Waals surface area contributed by atoms with Gasteiger partial charge in [-0.1, -0.05) is 520 Å². The molecular formula is C120H114O4Si4. The molecule has 128 heavy (non-hydrogen) atoms. The molecule has 0 atom stereocenters. The van der Waals surface area contributed by atoms with Crippen LogP contribution in [0.3, 0.4) is 0 Å². The van der Waals surface area contributed by atoms with Gasteiger partial charge < -0.3 is 17.7 Å². The molecule has 4 nitrogen and oxygen atoms in total. The number of hydrogen-bond acceptors (Lipinski definition) is 4. The second-order valence-electron chi connectivity index (χ2n) is 38.1. The van der Waals surface area contributed by atoms with Crippen LogP contribution in [0.15, 0.2) is 461 Å². The van der Waals surface area contributed by atoms with E-state index >= 15 is 0 Å². The first-order valence-corrected chi connectivity index (χ1v) is 52.7. The molecule has 0 aliphatic rings. The first-order valence-electron chi connectivity index (χ1n) is 45.1. The number of rotatable bonds is 26. The molecule has 0 aliphatic heterocycles. The molecule has 634 valence electrons. The summed E-state index contributed by atoms with van der Waals surface area (Å²) >= 11 is 0. The zero-order chi connectivity index (χ0) is 88.7. The van der Waals surface area contributed by atoms with Crippen molar-refractivity contribution in [3.8, 4) is 23.0 Å². The number of benzene rings is 17. The number of hydrogen-bond donors (Lipinski definition) is 0. The smallest absolute Gasteiger partial charge is 0.346 e. The third kappa shape index (κ3) is 17.4. The van der Waals surface area contributed by atoms with Crippen molar-refractivity contribution >= 4 is 95.5 Å². The van der Waals surface area contributed by atoms with Crippen LogP contribution in [0.5, 0.6) is 23.0 Å². The topological polar surface area (TPSA) is 36.9 Å². The van der Waals surface area contributed by atoms with E-state index in [1.807, 2.05) is 0 Å². The van der Waals surface area contributed by atoms with Crippen LogP contribution in [-0.2, 0) is 21.7 Å². The molecule has 0 amide bonds. The summed E-state index contributed by atoms with van der Waals surface area (Å²) in [5.74, 6) is 2.86. The van der Waals surface area contributed by atoms with Crippen molar-refractivity contribution in [3.05, 3.63) is 517 Å². The lowest BCUT2D eigenvalue weighted by atomic mass is 9.76. The van der Waals surface area contributed by atoms with Crippen molar-refractivity contribution in [2.24, 2.45) is 0 Å². The van der Waals surface area contributed by atoms with E-state index in [0.717, 1.165) is 78.6 Å². The van der Waals surface area contributed by atoms with E-state index < -0.39 is 54.9 Å². The highest BCUT2D eigenvalue weighted by atomic mass is 28.4. The van der Waals surface area contributed by atoms with Gasteiger partial charge in [-0.15, -0.1) is 0 Å². The second-order valence-corrected chi connectivity index (χ2v) is 51.3. The summed E-state index contributed by atoms with van der Waals surface area (Å²) in [6, 6.07) is 170. The standard InChI is InChI=1S/C120H114O4Si4/c1-117(2,3)107-85-91(77-81-111(107)121-125(95-49-25-13-26-50-95,96-51-27-14-28-52-96)97-53-29-15-30-54-97)115(92-78-82-112(108(86-92)118(4,5)6)122-126(98-55-31-16-32-56-98,99-57-33-17-34-58-99)100-59-35-18-36-60-100)89-73-75-90(76-74-89)116(93-79-83-113(109(87-93)119(7,8)9)123-127(101-61-37-19-38-62-101,102-63-39-20-40-64-102)103-65-41-21-42-66-103)94-80-84-114(110(88-94)120(10,11)12)124-128(104-67-43-22-44-68-104,105-69-45-23-46-70-105)106-71-47-24-48-72-106/h13-88,115-116H,1-12H3. The third-order valence-electron chi connectivity index (χ3n) is 25.4. The minimum absolute atomic E-state index is 0.300. The fourth-order valence-corrected chi connectivity index (χ4v) is 34.5. The van der Waals surface area contributed by atoms with Gasteiger partial charge in [0.05, 0.1) is 0 Å². The maximum absolute atomic E-state index is 8.18. The Labute approximate surface area is 763 Å². The van der Waals surface area contributed by atoms with Crippen molar-refractivity contribution in [3.63, 3.8) is 0 Å². The Morgan fingerprint density at radius 1 is 0.148 bits per heavy atom. The van der Waals surface area contributed by atoms with Crippen molar-refractivity contribution in [2.45, 2.75) is 117 Å². The molecule has 0 aliphatic carbocycles. The van der Waals surface area contributed by atoms with E-state index in [1.165, 1.54) is 62.2 Å². The molecule has 0 spiro atoms. The van der Waals surface area contributed by atoms with E-state index in [2.05, 4.69) is 544 Å². The van der Waals surface area contributed by atoms with Crippen LogP contribution in [-0.4, -0.2) is 33.3 Å². The van der Waals surface area contributed by atoms with Gasteiger partial charge in [-0.05, 0) is 164 Å². The Kier molecular flexibility index (Phi) is 24.9. The molecule has 0 fully saturated rings. The van der Waals surface area contributed by atoms with Gasteiger partial charge in [0.2, 0.25) is 0 Å². The molecule has 0 unspecified atom stereocenters. The van der Waals surface area contributed by atoms with Gasteiger partial charge in [-0.25, -0.2) is 0 Å². The molecular weight excluding hydrogens is 1620 g/mol. The fourth-order valence-electron chi connectivity index (χ4n) is 19.1. The van der Waals surface area contributed by atoms with E-state index in [1.54, 1.807) is 0 Å². The van der Waals surface area contributed by atoms with Gasteiger partial charge in [-0.3, -0.25) is 0 Å². The highest BCUT2D eigenvalue weighted by molar-refractivity contribution is 7.09. The van der Waals surface area contributed by atoms with Crippen LogP contribution < -0.4 is 79.9 Å². The minimum Gasteiger partial charge on any atom is -0.530 e. The molecule has 0 N–H and O–H groups in total. The lowest BCUT2D eigenvalue weighted by Gasteiger charge is -2.37. The Morgan fingerprint density at radius 2 is 0.266 bits per heavy atom. The molecule has 17 rings (SSSR count). The van der Waals surface area contributed by atoms with E-state index in [9.17, 15) is 0 Å². The molecule has 0 aromatic heterocycles. The van der Waals surface area contributed by atoms with Gasteiger partial charge in [0, 0.05) is 11.8 Å². The minimum atomic E-state index is -3.31. The average Bonchev–Trinajstić information content (AvgIpc) is 0.741. The van der Waals surface area contributed by atoms with Crippen LogP contribution in [0.25, 0.3) is 0 Å². The van der Waals surface area contributed by atoms with Crippen molar-refractivity contribution in [2.75, 3.05) is 0 Å². The summed E-state index contributed by atoms with van der Waals surface area (Å²) in [5.41, 5.74) is 9.76. The second kappa shape index (κ2) is 36.6. The van der Waals surface area contributed by atoms with E-state index in [0.29, 0.717) is 0 Å². The predicted octanol–water partition coefficient (Wildman–Crippen LogP) is 21.4. The zero-order valence-corrected chi connectivity index (χ0v) is 79.7. The lowest BCUT2D eigenvalue weighted by molar-refractivity contribution is 0.515. The third-order valence-corrected chi connectivity index (χ3v) is 41.3. The van der Waals surface area contributed by atoms with Crippen molar-refractivity contribution in [1.29, 1.82) is 0 Å². The van der Waals surface area contributed by atoms with Gasteiger partial charge in [0.25, 0.3) is 0 Å². The molecule has 17 aromatic rings. The van der Waals surface area contributed by atoms with Crippen LogP contribution in [0.2, 0.25) is 0 Å². The highest BCUT2D eigenvalue weighted by Gasteiger charge is 2.50. The fraction of sp³-hybridized carbons (Fsp3) is 0.150. The molecule has 0 bridgehead atoms. The summed E-state index contributed by atoms with van der Waals surface area (Å²) in [6.07, 6.45) is 0. The zero-order valence-electron chi connectivity index (χ0n) is 75.7. The summed E-state index contributed by atoms with van der Waals surface area (Å²) in [6.45, 7) is 28.0. The Balaban J connectivity index is 0.888. The van der Waals surface area contributed by atoms with Crippen LogP contribution in [0, 0.1) is 0 Å². The van der Waals surface area contributed by atoms with Crippen molar-refractivity contribution < 1.29 is 17.7 Å². The summed E-state index contributed by atoms with van der Waals surface area (Å²) in [4.78, 5) is 0. The maximum Gasteiger partial charge on any atom is 0.346 e. The molecule has 0 heterocycles. The normalized spacial score (nSPS) is 12.4. The van der Waals surface area contributed by atoms with Crippen LogP contribution in [0.1, 0.15) is 151 Å². The monoisotopic (exact) mass is 1730 g/mol. The Hall–Kier alpha value is -13.2. The molecule has 8 heteroatoms. The maximum atomic E-state index is 8.18. The predicted molar refractivity (Wildman–Crippen MR) is 547 cm³/mol. The van der Waals surface area contributed by atoms with Gasteiger partial charge in [0.15, 0.2) is 0 Å². The average molecular weight is 1730 g/mol. The van der Waals surface area contributed by atoms with Crippen LogP contribution in [0.4, 0.5) is 0 Å². The highest BCUT2D eigenvalue weighted by Crippen LogP contribution is 2.47. The SMILES string of the molecule is CC(C)(C)c1cc(C(c2ccc(C(c3ccc(O[Si](c4ccccc4)(c4ccccc4)c4ccccc4)c(C(C)(C)C)c3)c3ccc(O[Si](c4ccccc4)(c4ccccc4)c4ccccc4)c(C(C)(C)C)c3)cc2)c2ccc(O[Si](c3ccccc3)(c3ccccc3)c3ccccc3)c(C(C)(C)C)c2)ccc1O[Si](c1ccccc1)(c1ccccc1)c1ccccc1. The molecule has 0 saturated carbocycles. The Morgan fingerprint density at radius 3 is 0.383 bits per heavy atom.